The Morgan fingerprint density at radius 1 is 0.307 bits per heavy atom. The van der Waals surface area contributed by atoms with Gasteiger partial charge < -0.3 is 206 Å². The fourth-order valence-corrected chi connectivity index (χ4v) is 17.8. The third kappa shape index (κ3) is 44.6. The van der Waals surface area contributed by atoms with Crippen LogP contribution in [0.4, 0.5) is 0 Å². The maximum absolute atomic E-state index is 13.7. The number of hydroxylamine groups is 2. The molecule has 0 aromatic carbocycles. The molecule has 0 radical (unpaired) electrons. The second-order valence-corrected chi connectivity index (χ2v) is 38.9. The number of nitrogens with zero attached hydrogens (tertiary/aromatic N) is 2. The first-order valence-electron chi connectivity index (χ1n) is 52.9. The van der Waals surface area contributed by atoms with Gasteiger partial charge >= 0.3 is 5.97 Å². The molecule has 31 unspecified atom stereocenters. The van der Waals surface area contributed by atoms with Crippen LogP contribution in [0.1, 0.15) is 232 Å². The summed E-state index contributed by atoms with van der Waals surface area (Å²) in [6.45, 7) is -3.99. The smallest absolute Gasteiger partial charge is 0.333 e. The zero-order valence-electron chi connectivity index (χ0n) is 85.5. The lowest BCUT2D eigenvalue weighted by Crippen LogP contribution is -2.65. The van der Waals surface area contributed by atoms with Gasteiger partial charge in [0.25, 0.3) is 11.8 Å². The number of amides is 10. The van der Waals surface area contributed by atoms with E-state index in [1.54, 1.807) is 0 Å². The fraction of sp³-hybridized carbons (Fsp3) is 0.885. The Hall–Kier alpha value is -6.95. The van der Waals surface area contributed by atoms with E-state index in [1.165, 1.54) is 62.7 Å². The number of aliphatic hydroxyl groups excluding tert-OH is 20. The molecule has 7 rings (SSSR count). The summed E-state index contributed by atoms with van der Waals surface area (Å²) in [7, 11) is 0. The van der Waals surface area contributed by atoms with E-state index in [1.807, 2.05) is 0 Å². The Kier molecular flexibility index (Phi) is 61.8. The van der Waals surface area contributed by atoms with Crippen molar-refractivity contribution < 1.29 is 217 Å². The molecule has 28 N–H and O–H groups in total. The van der Waals surface area contributed by atoms with E-state index in [0.717, 1.165) is 25.7 Å². The highest BCUT2D eigenvalue weighted by Crippen LogP contribution is 2.35. The SMILES string of the molecule is CCCCCCCCCCCCCCCC(=O)NCCCCC(NC(=O)CCCCCNC(=O)CN(CC(=O)NCCCCCC(=O)NCCOC1OC(COC2OC(CO)C(O)C(O)C2O)C(O)C(OC2OC(CO)C(O)C(O)C2O)C1O)CC(=O)NCCCCCC(=O)NCCOC1OC(COC2OC(CO)C(O)C(O)C2O)C(O)C(OC2OC(CO)C(O)C(O)C2O)C1O)C(=O)NCCCCCC(=O)ON1C(=O)CCC1=O. The molecule has 10 amide bonds. The van der Waals surface area contributed by atoms with Crippen molar-refractivity contribution >= 4 is 65.0 Å². The van der Waals surface area contributed by atoms with Gasteiger partial charge in [-0.15, -0.1) is 5.06 Å². The lowest BCUT2D eigenvalue weighted by molar-refractivity contribution is -0.366. The number of carbonyl (C=O) groups is 11. The van der Waals surface area contributed by atoms with E-state index in [9.17, 15) is 155 Å². The average molecular weight is 2170 g/mol. The van der Waals surface area contributed by atoms with E-state index in [4.69, 9.17) is 61.7 Å². The lowest BCUT2D eigenvalue weighted by atomic mass is 9.96. The van der Waals surface area contributed by atoms with Crippen molar-refractivity contribution in [2.75, 3.05) is 118 Å². The van der Waals surface area contributed by atoms with E-state index in [-0.39, 0.29) is 103 Å². The first kappa shape index (κ1) is 130. The molecule has 0 bridgehead atoms. The summed E-state index contributed by atoms with van der Waals surface area (Å²) in [6.07, 6.45) is -31.5. The number of ether oxygens (including phenoxy) is 12. The molecule has 54 nitrogen and oxygen atoms in total. The van der Waals surface area contributed by atoms with Crippen LogP contribution in [0.2, 0.25) is 0 Å². The maximum Gasteiger partial charge on any atom is 0.333 e. The minimum Gasteiger partial charge on any atom is -0.394 e. The van der Waals surface area contributed by atoms with Gasteiger partial charge in [0.2, 0.25) is 47.3 Å². The van der Waals surface area contributed by atoms with Gasteiger partial charge in [0.15, 0.2) is 37.7 Å². The number of nitrogens with one attached hydrogen (secondary N) is 8. The lowest BCUT2D eigenvalue weighted by Gasteiger charge is -2.46. The molecule has 7 aliphatic heterocycles. The monoisotopic (exact) mass is 2170 g/mol. The van der Waals surface area contributed by atoms with Gasteiger partial charge in [0.1, 0.15) is 153 Å². The number of carbonyl (C=O) groups excluding carboxylic acids is 11. The summed E-state index contributed by atoms with van der Waals surface area (Å²) in [5, 5.41) is 233. The molecule has 866 valence electrons. The first-order valence-corrected chi connectivity index (χ1v) is 52.9. The minimum atomic E-state index is -1.99. The Balaban J connectivity index is 0.870. The molecule has 7 fully saturated rings. The van der Waals surface area contributed by atoms with Crippen molar-refractivity contribution in [2.24, 2.45) is 0 Å². The predicted molar refractivity (Wildman–Crippen MR) is 515 cm³/mol. The van der Waals surface area contributed by atoms with E-state index >= 15 is 0 Å². The molecule has 31 atom stereocenters. The molecule has 0 aliphatic carbocycles. The zero-order valence-corrected chi connectivity index (χ0v) is 85.5. The van der Waals surface area contributed by atoms with Gasteiger partial charge in [-0.25, -0.2) is 4.79 Å². The number of rotatable bonds is 74. The number of aliphatic hydroxyl groups is 20. The summed E-state index contributed by atoms with van der Waals surface area (Å²) < 4.78 is 67.4. The third-order valence-electron chi connectivity index (χ3n) is 26.8. The van der Waals surface area contributed by atoms with E-state index < -0.39 is 309 Å². The van der Waals surface area contributed by atoms with Crippen molar-refractivity contribution in [2.45, 2.75) is 422 Å². The van der Waals surface area contributed by atoms with Crippen LogP contribution in [-0.4, -0.2) is 486 Å². The molecule has 0 aromatic rings. The summed E-state index contributed by atoms with van der Waals surface area (Å²) in [5.74, 6) is -5.40. The van der Waals surface area contributed by atoms with Gasteiger partial charge in [0, 0.05) is 90.8 Å². The number of hydrogen-bond donors (Lipinski definition) is 28. The summed E-state index contributed by atoms with van der Waals surface area (Å²) in [6, 6.07) is -0.923. The average Bonchev–Trinajstić information content (AvgIpc) is 0.834. The van der Waals surface area contributed by atoms with Crippen LogP contribution < -0.4 is 42.5 Å². The first-order chi connectivity index (χ1) is 71.9. The Labute approximate surface area is 870 Å². The molecule has 0 aromatic heterocycles. The van der Waals surface area contributed by atoms with Crippen molar-refractivity contribution in [3.63, 3.8) is 0 Å². The van der Waals surface area contributed by atoms with E-state index in [0.29, 0.717) is 108 Å². The number of hydrogen-bond acceptors (Lipinski definition) is 45. The zero-order chi connectivity index (χ0) is 110. The molecule has 7 heterocycles. The molecule has 0 saturated carbocycles. The highest BCUT2D eigenvalue weighted by molar-refractivity contribution is 6.01. The van der Waals surface area contributed by atoms with Crippen molar-refractivity contribution in [3.05, 3.63) is 0 Å². The summed E-state index contributed by atoms with van der Waals surface area (Å²) >= 11 is 0. The maximum atomic E-state index is 13.7. The van der Waals surface area contributed by atoms with E-state index in [2.05, 4.69) is 49.5 Å². The number of unbranched alkanes of at least 4 members (excludes halogenated alkanes) is 21. The summed E-state index contributed by atoms with van der Waals surface area (Å²) in [4.78, 5) is 149. The van der Waals surface area contributed by atoms with Crippen LogP contribution in [0.25, 0.3) is 0 Å². The van der Waals surface area contributed by atoms with Crippen LogP contribution >= 0.6 is 0 Å². The highest BCUT2D eigenvalue weighted by Gasteiger charge is 2.56. The molecular formula is C96H168N10O44. The van der Waals surface area contributed by atoms with Crippen molar-refractivity contribution in [1.82, 2.24) is 52.5 Å². The highest BCUT2D eigenvalue weighted by atomic mass is 16.8. The molecule has 54 heteroatoms. The van der Waals surface area contributed by atoms with Crippen LogP contribution in [0.5, 0.6) is 0 Å². The van der Waals surface area contributed by atoms with Crippen molar-refractivity contribution in [1.29, 1.82) is 0 Å². The van der Waals surface area contributed by atoms with Crippen LogP contribution in [0, 0.1) is 0 Å². The van der Waals surface area contributed by atoms with Gasteiger partial charge in [-0.2, -0.15) is 0 Å². The fourth-order valence-electron chi connectivity index (χ4n) is 17.8. The topological polar surface area (TPSA) is 815 Å². The molecule has 7 saturated heterocycles. The van der Waals surface area contributed by atoms with Gasteiger partial charge in [-0.3, -0.25) is 52.8 Å². The predicted octanol–water partition coefficient (Wildman–Crippen LogP) is -8.98. The molecule has 150 heavy (non-hydrogen) atoms. The third-order valence-corrected chi connectivity index (χ3v) is 26.8. The van der Waals surface area contributed by atoms with Gasteiger partial charge in [-0.05, 0) is 77.0 Å². The van der Waals surface area contributed by atoms with Crippen molar-refractivity contribution in [3.8, 4) is 0 Å². The van der Waals surface area contributed by atoms with Crippen LogP contribution in [-0.2, 0) is 114 Å². The molecule has 0 spiro atoms. The quantitative estimate of drug-likeness (QED) is 0.0199. The second-order valence-electron chi connectivity index (χ2n) is 38.9. The normalized spacial score (nSPS) is 30.8. The largest absolute Gasteiger partial charge is 0.394 e. The van der Waals surface area contributed by atoms with Crippen LogP contribution in [0.15, 0.2) is 0 Å². The van der Waals surface area contributed by atoms with Crippen LogP contribution in [0.3, 0.4) is 0 Å². The molecule has 7 aliphatic rings. The summed E-state index contributed by atoms with van der Waals surface area (Å²) in [5.41, 5.74) is 0. The standard InChI is InChI=1S/C96H168N10O44/c1-2-3-4-5-6-7-8-9-10-11-12-13-18-30-62(111)97-40-28-23-29-55(90(137)103-41-27-17-22-34-71(120)150-106-69(118)35-36-70(106)119)104-65(114)33-21-16-26-39-100-68(117)48-105(46-66(115)98-37-24-14-19-31-63(112)101-42-44-138-93-86(135)88(148-95-84(133)80(129)74(123)58(51-109)144-95)76(125)60(146-93)53-140-91-82(131)78(127)72(121)56(49-107)142-91)47-67(116)99-38-25-15-20-32-64(113)102-43-45-139-94-87(136)89(149-96-85(134)81(130)75(124)59(52-110)145-96)77(126)61(147-94)54-141-92-83(132)79(128)73(122)57(50-108)143-92/h55-61,72-89,91-96,107-110,121-136H,2-54H2,1H3,(H,97,111)(H,98,115)(H,99,116)(H,100,117)(H,101,112)(H,102,113)(H,103,137)(H,104,114). The Morgan fingerprint density at radius 2 is 0.593 bits per heavy atom. The second kappa shape index (κ2) is 71.3. The Morgan fingerprint density at radius 3 is 0.953 bits per heavy atom. The minimum absolute atomic E-state index is 0.0153. The van der Waals surface area contributed by atoms with Gasteiger partial charge in [-0.1, -0.05) is 110 Å². The molecular weight excluding hydrogens is 2000 g/mol. The van der Waals surface area contributed by atoms with Gasteiger partial charge in [0.05, 0.1) is 72.5 Å². The number of imide groups is 1. The Bertz CT molecular complexity index is 3730.